The lowest BCUT2D eigenvalue weighted by atomic mass is 10.2. The number of morpholine rings is 1. The van der Waals surface area contributed by atoms with Crippen molar-refractivity contribution in [2.45, 2.75) is 32.2 Å². The third-order valence-electron chi connectivity index (χ3n) is 2.35. The van der Waals surface area contributed by atoms with E-state index >= 15 is 0 Å². The topological polar surface area (TPSA) is 53.3 Å². The summed E-state index contributed by atoms with van der Waals surface area (Å²) in [6.45, 7) is 3.29. The van der Waals surface area contributed by atoms with Crippen LogP contribution < -0.4 is 0 Å². The Morgan fingerprint density at radius 2 is 2.43 bits per heavy atom. The molecule has 1 rings (SSSR count). The summed E-state index contributed by atoms with van der Waals surface area (Å²) in [4.78, 5) is 13.0. The molecule has 1 aliphatic rings. The van der Waals surface area contributed by atoms with Crippen LogP contribution in [0.2, 0.25) is 0 Å². The van der Waals surface area contributed by atoms with Crippen molar-refractivity contribution in [1.82, 2.24) is 4.90 Å². The van der Waals surface area contributed by atoms with Crippen molar-refractivity contribution in [3.05, 3.63) is 0 Å². The van der Waals surface area contributed by atoms with E-state index in [0.717, 1.165) is 19.3 Å². The van der Waals surface area contributed by atoms with Crippen molar-refractivity contribution < 1.29 is 9.53 Å². The average molecular weight is 196 g/mol. The highest BCUT2D eigenvalue weighted by atomic mass is 16.5. The van der Waals surface area contributed by atoms with Gasteiger partial charge in [-0.25, -0.2) is 0 Å². The van der Waals surface area contributed by atoms with Crippen LogP contribution in [0, 0.1) is 11.3 Å². The average Bonchev–Trinajstić information content (AvgIpc) is 2.20. The first-order valence-corrected chi connectivity index (χ1v) is 5.06. The van der Waals surface area contributed by atoms with Crippen molar-refractivity contribution in [3.63, 3.8) is 0 Å². The highest BCUT2D eigenvalue weighted by molar-refractivity contribution is 5.78. The molecule has 0 saturated carbocycles. The summed E-state index contributed by atoms with van der Waals surface area (Å²) in [7, 11) is 0. The Balaban J connectivity index is 2.44. The number of hydrogen-bond donors (Lipinski definition) is 0. The Morgan fingerprint density at radius 3 is 3.07 bits per heavy atom. The maximum absolute atomic E-state index is 11.4. The molecular weight excluding hydrogens is 180 g/mol. The Hall–Kier alpha value is -1.08. The van der Waals surface area contributed by atoms with Crippen LogP contribution in [0.15, 0.2) is 0 Å². The van der Waals surface area contributed by atoms with Crippen LogP contribution in [-0.2, 0) is 9.53 Å². The minimum Gasteiger partial charge on any atom is -0.368 e. The second-order valence-electron chi connectivity index (χ2n) is 3.45. The van der Waals surface area contributed by atoms with Crippen molar-refractivity contribution in [3.8, 4) is 6.07 Å². The lowest BCUT2D eigenvalue weighted by molar-refractivity contribution is -0.145. The van der Waals surface area contributed by atoms with Crippen LogP contribution in [-0.4, -0.2) is 36.6 Å². The van der Waals surface area contributed by atoms with Gasteiger partial charge in [-0.05, 0) is 6.42 Å². The second kappa shape index (κ2) is 5.61. The summed E-state index contributed by atoms with van der Waals surface area (Å²) in [6.07, 6.45) is 3.19. The van der Waals surface area contributed by atoms with Crippen LogP contribution in [0.25, 0.3) is 0 Å². The number of rotatable bonds is 4. The van der Waals surface area contributed by atoms with E-state index in [1.807, 2.05) is 0 Å². The number of hydrogen-bond acceptors (Lipinski definition) is 3. The Bertz CT molecular complexity index is 235. The van der Waals surface area contributed by atoms with Gasteiger partial charge in [-0.2, -0.15) is 5.26 Å². The molecule has 1 atom stereocenters. The molecule has 1 unspecified atom stereocenters. The highest BCUT2D eigenvalue weighted by Gasteiger charge is 2.27. The van der Waals surface area contributed by atoms with Gasteiger partial charge >= 0.3 is 0 Å². The van der Waals surface area contributed by atoms with Crippen LogP contribution in [0.4, 0.5) is 0 Å². The van der Waals surface area contributed by atoms with Gasteiger partial charge in [0, 0.05) is 6.54 Å². The van der Waals surface area contributed by atoms with Gasteiger partial charge in [0.25, 0.3) is 0 Å². The summed E-state index contributed by atoms with van der Waals surface area (Å²) in [5.74, 6) is -0.0566. The molecule has 1 amide bonds. The van der Waals surface area contributed by atoms with E-state index in [1.54, 1.807) is 4.90 Å². The molecule has 1 heterocycles. The monoisotopic (exact) mass is 196 g/mol. The van der Waals surface area contributed by atoms with Gasteiger partial charge in [-0.3, -0.25) is 4.79 Å². The standard InChI is InChI=1S/C10H16N2O2/c1-2-3-4-5-12-9(6-11)7-14-8-10(12)13/h9H,2-5,7-8H2,1H3. The van der Waals surface area contributed by atoms with E-state index in [4.69, 9.17) is 10.00 Å². The Morgan fingerprint density at radius 1 is 1.64 bits per heavy atom. The molecule has 14 heavy (non-hydrogen) atoms. The normalized spacial score (nSPS) is 22.1. The van der Waals surface area contributed by atoms with Crippen molar-refractivity contribution in [2.75, 3.05) is 19.8 Å². The van der Waals surface area contributed by atoms with Gasteiger partial charge in [0.15, 0.2) is 0 Å². The van der Waals surface area contributed by atoms with Gasteiger partial charge < -0.3 is 9.64 Å². The summed E-state index contributed by atoms with van der Waals surface area (Å²) >= 11 is 0. The van der Waals surface area contributed by atoms with Gasteiger partial charge in [0.1, 0.15) is 12.6 Å². The maximum Gasteiger partial charge on any atom is 0.249 e. The molecule has 78 valence electrons. The highest BCUT2D eigenvalue weighted by Crippen LogP contribution is 2.09. The summed E-state index contributed by atoms with van der Waals surface area (Å²) in [5.41, 5.74) is 0. The molecule has 1 aliphatic heterocycles. The van der Waals surface area contributed by atoms with Gasteiger partial charge in [0.2, 0.25) is 5.91 Å². The van der Waals surface area contributed by atoms with Crippen molar-refractivity contribution in [2.24, 2.45) is 0 Å². The minimum absolute atomic E-state index is 0.0566. The molecule has 0 aromatic carbocycles. The zero-order chi connectivity index (χ0) is 10.4. The van der Waals surface area contributed by atoms with Gasteiger partial charge in [-0.1, -0.05) is 19.8 Å². The third kappa shape index (κ3) is 2.71. The molecule has 0 N–H and O–H groups in total. The molecule has 1 saturated heterocycles. The van der Waals surface area contributed by atoms with Crippen LogP contribution in [0.1, 0.15) is 26.2 Å². The van der Waals surface area contributed by atoms with E-state index in [1.165, 1.54) is 0 Å². The smallest absolute Gasteiger partial charge is 0.249 e. The molecule has 4 heteroatoms. The number of unbranched alkanes of at least 4 members (excludes halogenated alkanes) is 2. The Kier molecular flexibility index (Phi) is 4.41. The quantitative estimate of drug-likeness (QED) is 0.628. The van der Waals surface area contributed by atoms with E-state index in [9.17, 15) is 4.79 Å². The fourth-order valence-electron chi connectivity index (χ4n) is 1.52. The molecule has 0 aromatic rings. The SMILES string of the molecule is CCCCCN1C(=O)COCC1C#N. The predicted molar refractivity (Wildman–Crippen MR) is 51.5 cm³/mol. The van der Waals surface area contributed by atoms with Crippen LogP contribution in [0.5, 0.6) is 0 Å². The molecular formula is C10H16N2O2. The number of carbonyl (C=O) groups excluding carboxylic acids is 1. The number of amides is 1. The van der Waals surface area contributed by atoms with Gasteiger partial charge in [0.05, 0.1) is 12.7 Å². The summed E-state index contributed by atoms with van der Waals surface area (Å²) in [5, 5.41) is 8.81. The van der Waals surface area contributed by atoms with E-state index in [0.29, 0.717) is 13.2 Å². The molecule has 0 aliphatic carbocycles. The molecule has 0 bridgehead atoms. The molecule has 4 nitrogen and oxygen atoms in total. The minimum atomic E-state index is -0.381. The zero-order valence-electron chi connectivity index (χ0n) is 8.53. The lowest BCUT2D eigenvalue weighted by Gasteiger charge is -2.31. The first kappa shape index (κ1) is 11.0. The lowest BCUT2D eigenvalue weighted by Crippen LogP contribution is -2.49. The third-order valence-corrected chi connectivity index (χ3v) is 2.35. The van der Waals surface area contributed by atoms with E-state index in [2.05, 4.69) is 13.0 Å². The number of nitriles is 1. The summed E-state index contributed by atoms with van der Waals surface area (Å²) in [6, 6.07) is 1.71. The number of carbonyl (C=O) groups is 1. The predicted octanol–water partition coefficient (Wildman–Crippen LogP) is 0.928. The van der Waals surface area contributed by atoms with Gasteiger partial charge in [-0.15, -0.1) is 0 Å². The first-order chi connectivity index (χ1) is 6.79. The fraction of sp³-hybridized carbons (Fsp3) is 0.800. The van der Waals surface area contributed by atoms with Crippen molar-refractivity contribution in [1.29, 1.82) is 5.26 Å². The first-order valence-electron chi connectivity index (χ1n) is 5.06. The summed E-state index contributed by atoms with van der Waals surface area (Å²) < 4.78 is 5.01. The fourth-order valence-corrected chi connectivity index (χ4v) is 1.52. The molecule has 0 aromatic heterocycles. The van der Waals surface area contributed by atoms with Crippen LogP contribution in [0.3, 0.4) is 0 Å². The van der Waals surface area contributed by atoms with E-state index < -0.39 is 0 Å². The largest absolute Gasteiger partial charge is 0.368 e. The molecule has 1 fully saturated rings. The molecule has 0 radical (unpaired) electrons. The van der Waals surface area contributed by atoms with Crippen LogP contribution >= 0.6 is 0 Å². The second-order valence-corrected chi connectivity index (χ2v) is 3.45. The zero-order valence-corrected chi connectivity index (χ0v) is 8.53. The van der Waals surface area contributed by atoms with E-state index in [-0.39, 0.29) is 18.6 Å². The maximum atomic E-state index is 11.4. The van der Waals surface area contributed by atoms with Crippen molar-refractivity contribution >= 4 is 5.91 Å². The number of ether oxygens (including phenoxy) is 1. The Labute approximate surface area is 84.4 Å². The molecule has 0 spiro atoms. The number of nitrogens with zero attached hydrogens (tertiary/aromatic N) is 2.